The summed E-state index contributed by atoms with van der Waals surface area (Å²) >= 11 is 11.9. The van der Waals surface area contributed by atoms with Crippen molar-refractivity contribution >= 4 is 28.9 Å². The molecular formula is C14H9Cl2FN2. The fourth-order valence-electron chi connectivity index (χ4n) is 1.63. The van der Waals surface area contributed by atoms with Gasteiger partial charge in [0.1, 0.15) is 11.9 Å². The van der Waals surface area contributed by atoms with Crippen molar-refractivity contribution in [2.45, 2.75) is 6.04 Å². The molecule has 0 aromatic heterocycles. The molecule has 0 aliphatic carbocycles. The first-order chi connectivity index (χ1) is 9.10. The van der Waals surface area contributed by atoms with Crippen LogP contribution in [0, 0.1) is 17.1 Å². The SMILES string of the molecule is N#CC(Nc1ccc(F)cc1)c1ccc(Cl)cc1Cl. The molecule has 1 N–H and O–H groups in total. The van der Waals surface area contributed by atoms with Gasteiger partial charge in [0.05, 0.1) is 6.07 Å². The third kappa shape index (κ3) is 3.37. The number of anilines is 1. The third-order valence-electron chi connectivity index (χ3n) is 2.56. The molecule has 0 bridgehead atoms. The summed E-state index contributed by atoms with van der Waals surface area (Å²) in [5.74, 6) is -0.330. The molecule has 0 aliphatic heterocycles. The Labute approximate surface area is 120 Å². The van der Waals surface area contributed by atoms with Gasteiger partial charge in [0.25, 0.3) is 0 Å². The summed E-state index contributed by atoms with van der Waals surface area (Å²) in [5.41, 5.74) is 1.26. The van der Waals surface area contributed by atoms with Crippen LogP contribution in [-0.2, 0) is 0 Å². The van der Waals surface area contributed by atoms with Crippen molar-refractivity contribution in [3.05, 3.63) is 63.9 Å². The quantitative estimate of drug-likeness (QED) is 0.882. The van der Waals surface area contributed by atoms with Gasteiger partial charge in [-0.05, 0) is 36.4 Å². The molecule has 19 heavy (non-hydrogen) atoms. The molecule has 0 saturated heterocycles. The summed E-state index contributed by atoms with van der Waals surface area (Å²) in [6.45, 7) is 0. The second kappa shape index (κ2) is 5.92. The number of hydrogen-bond donors (Lipinski definition) is 1. The van der Waals surface area contributed by atoms with Gasteiger partial charge in [-0.3, -0.25) is 0 Å². The Kier molecular flexibility index (Phi) is 4.26. The zero-order valence-corrected chi connectivity index (χ0v) is 11.2. The molecule has 96 valence electrons. The molecular weight excluding hydrogens is 286 g/mol. The van der Waals surface area contributed by atoms with E-state index in [4.69, 9.17) is 23.2 Å². The standard InChI is InChI=1S/C14H9Cl2FN2/c15-9-1-6-12(13(16)7-9)14(8-18)19-11-4-2-10(17)3-5-11/h1-7,14,19H. The van der Waals surface area contributed by atoms with Gasteiger partial charge in [0.15, 0.2) is 0 Å². The largest absolute Gasteiger partial charge is 0.366 e. The lowest BCUT2D eigenvalue weighted by atomic mass is 10.1. The molecule has 0 fully saturated rings. The Bertz CT molecular complexity index is 620. The van der Waals surface area contributed by atoms with Crippen LogP contribution in [0.1, 0.15) is 11.6 Å². The molecule has 2 rings (SSSR count). The monoisotopic (exact) mass is 294 g/mol. The molecule has 1 atom stereocenters. The summed E-state index contributed by atoms with van der Waals surface area (Å²) in [6.07, 6.45) is 0. The van der Waals surface area contributed by atoms with E-state index in [9.17, 15) is 9.65 Å². The summed E-state index contributed by atoms with van der Waals surface area (Å²) in [6, 6.07) is 12.2. The van der Waals surface area contributed by atoms with Gasteiger partial charge in [-0.1, -0.05) is 29.3 Å². The Hall–Kier alpha value is -1.76. The number of nitrogens with one attached hydrogen (secondary N) is 1. The molecule has 2 nitrogen and oxygen atoms in total. The molecule has 1 unspecified atom stereocenters. The molecule has 0 saturated carbocycles. The van der Waals surface area contributed by atoms with Crippen molar-refractivity contribution in [3.63, 3.8) is 0 Å². The van der Waals surface area contributed by atoms with E-state index in [1.807, 2.05) is 0 Å². The fourth-order valence-corrected chi connectivity index (χ4v) is 2.15. The van der Waals surface area contributed by atoms with E-state index in [0.717, 1.165) is 0 Å². The highest BCUT2D eigenvalue weighted by Gasteiger charge is 2.14. The van der Waals surface area contributed by atoms with Gasteiger partial charge in [0, 0.05) is 21.3 Å². The van der Waals surface area contributed by atoms with Crippen molar-refractivity contribution in [2.24, 2.45) is 0 Å². The zero-order chi connectivity index (χ0) is 13.8. The van der Waals surface area contributed by atoms with Crippen LogP contribution in [-0.4, -0.2) is 0 Å². The van der Waals surface area contributed by atoms with E-state index in [2.05, 4.69) is 11.4 Å². The molecule has 5 heteroatoms. The van der Waals surface area contributed by atoms with Gasteiger partial charge in [-0.15, -0.1) is 0 Å². The van der Waals surface area contributed by atoms with Crippen molar-refractivity contribution in [1.82, 2.24) is 0 Å². The number of benzene rings is 2. The van der Waals surface area contributed by atoms with Crippen molar-refractivity contribution in [2.75, 3.05) is 5.32 Å². The van der Waals surface area contributed by atoms with E-state index < -0.39 is 6.04 Å². The normalized spacial score (nSPS) is 11.7. The first kappa shape index (κ1) is 13.7. The molecule has 0 amide bonds. The predicted molar refractivity (Wildman–Crippen MR) is 74.8 cm³/mol. The first-order valence-electron chi connectivity index (χ1n) is 5.47. The number of rotatable bonds is 3. The highest BCUT2D eigenvalue weighted by molar-refractivity contribution is 6.35. The summed E-state index contributed by atoms with van der Waals surface area (Å²) in [7, 11) is 0. The van der Waals surface area contributed by atoms with Gasteiger partial charge in [-0.2, -0.15) is 5.26 Å². The topological polar surface area (TPSA) is 35.8 Å². The van der Waals surface area contributed by atoms with Gasteiger partial charge < -0.3 is 5.32 Å². The van der Waals surface area contributed by atoms with Crippen LogP contribution in [0.4, 0.5) is 10.1 Å². The lowest BCUT2D eigenvalue weighted by Crippen LogP contribution is -2.09. The van der Waals surface area contributed by atoms with E-state index >= 15 is 0 Å². The van der Waals surface area contributed by atoms with Crippen LogP contribution < -0.4 is 5.32 Å². The third-order valence-corrected chi connectivity index (χ3v) is 3.12. The lowest BCUT2D eigenvalue weighted by Gasteiger charge is -2.14. The number of nitrogens with zero attached hydrogens (tertiary/aromatic N) is 1. The second-order valence-corrected chi connectivity index (χ2v) is 4.72. The van der Waals surface area contributed by atoms with E-state index in [-0.39, 0.29) is 5.82 Å². The zero-order valence-electron chi connectivity index (χ0n) is 9.70. The molecule has 0 spiro atoms. The average molecular weight is 295 g/mol. The smallest absolute Gasteiger partial charge is 0.141 e. The van der Waals surface area contributed by atoms with Crippen molar-refractivity contribution in [3.8, 4) is 6.07 Å². The van der Waals surface area contributed by atoms with Crippen LogP contribution in [0.5, 0.6) is 0 Å². The van der Waals surface area contributed by atoms with Crippen LogP contribution in [0.15, 0.2) is 42.5 Å². The van der Waals surface area contributed by atoms with Crippen molar-refractivity contribution < 1.29 is 4.39 Å². The van der Waals surface area contributed by atoms with E-state index in [1.54, 1.807) is 30.3 Å². The molecule has 0 radical (unpaired) electrons. The van der Waals surface area contributed by atoms with E-state index in [1.165, 1.54) is 12.1 Å². The Morgan fingerprint density at radius 3 is 2.37 bits per heavy atom. The second-order valence-electron chi connectivity index (χ2n) is 3.88. The van der Waals surface area contributed by atoms with Gasteiger partial charge >= 0.3 is 0 Å². The maximum atomic E-state index is 12.8. The van der Waals surface area contributed by atoms with Crippen LogP contribution >= 0.6 is 23.2 Å². The molecule has 2 aromatic carbocycles. The first-order valence-corrected chi connectivity index (χ1v) is 6.22. The van der Waals surface area contributed by atoms with Crippen molar-refractivity contribution in [1.29, 1.82) is 5.26 Å². The molecule has 0 heterocycles. The summed E-state index contributed by atoms with van der Waals surface area (Å²) in [4.78, 5) is 0. The molecule has 2 aromatic rings. The highest BCUT2D eigenvalue weighted by Crippen LogP contribution is 2.28. The summed E-state index contributed by atoms with van der Waals surface area (Å²) in [5, 5.41) is 13.1. The highest BCUT2D eigenvalue weighted by atomic mass is 35.5. The minimum atomic E-state index is -0.629. The maximum absolute atomic E-state index is 12.8. The Morgan fingerprint density at radius 1 is 1.11 bits per heavy atom. The summed E-state index contributed by atoms with van der Waals surface area (Å²) < 4.78 is 12.8. The number of halogens is 3. The van der Waals surface area contributed by atoms with Crippen LogP contribution in [0.25, 0.3) is 0 Å². The number of hydrogen-bond acceptors (Lipinski definition) is 2. The fraction of sp³-hybridized carbons (Fsp3) is 0.0714. The number of nitriles is 1. The molecule has 0 aliphatic rings. The van der Waals surface area contributed by atoms with Gasteiger partial charge in [0.2, 0.25) is 0 Å². The lowest BCUT2D eigenvalue weighted by molar-refractivity contribution is 0.628. The van der Waals surface area contributed by atoms with E-state index in [0.29, 0.717) is 21.3 Å². The minimum absolute atomic E-state index is 0.330. The predicted octanol–water partition coefficient (Wildman–Crippen LogP) is 4.81. The van der Waals surface area contributed by atoms with Crippen LogP contribution in [0.3, 0.4) is 0 Å². The Morgan fingerprint density at radius 2 is 1.79 bits per heavy atom. The average Bonchev–Trinajstić information content (AvgIpc) is 2.39. The Balaban J connectivity index is 2.25. The maximum Gasteiger partial charge on any atom is 0.141 e. The van der Waals surface area contributed by atoms with Gasteiger partial charge in [-0.25, -0.2) is 4.39 Å². The van der Waals surface area contributed by atoms with Crippen LogP contribution in [0.2, 0.25) is 10.0 Å². The minimum Gasteiger partial charge on any atom is -0.366 e.